The van der Waals surface area contributed by atoms with Crippen molar-refractivity contribution in [1.82, 2.24) is 10.2 Å². The lowest BCUT2D eigenvalue weighted by Crippen LogP contribution is -2.61. The fourth-order valence-electron chi connectivity index (χ4n) is 3.36. The molecule has 9 heteroatoms. The summed E-state index contributed by atoms with van der Waals surface area (Å²) in [6.07, 6.45) is -0.384. The smallest absolute Gasteiger partial charge is 0.410 e. The number of phenols is 1. The number of nitrogens with zero attached hydrogens (tertiary/aromatic N) is 1. The second-order valence-corrected chi connectivity index (χ2v) is 11.1. The number of likely N-dealkylation sites (tertiary alicyclic amines) is 1. The second kappa shape index (κ2) is 9.29. The van der Waals surface area contributed by atoms with E-state index >= 15 is 0 Å². The van der Waals surface area contributed by atoms with Crippen molar-refractivity contribution in [2.45, 2.75) is 65.1 Å². The van der Waals surface area contributed by atoms with E-state index in [4.69, 9.17) is 9.15 Å². The van der Waals surface area contributed by atoms with Crippen LogP contribution in [0.25, 0.3) is 0 Å². The number of anilines is 1. The number of phenolic OH excluding ortho intramolecular Hbond substituents is 1. The van der Waals surface area contributed by atoms with Crippen LogP contribution in [-0.2, 0) is 16.7 Å². The van der Waals surface area contributed by atoms with Crippen molar-refractivity contribution in [3.63, 3.8) is 0 Å². The molecule has 3 rings (SSSR count). The highest BCUT2D eigenvalue weighted by molar-refractivity contribution is 9.10. The van der Waals surface area contributed by atoms with Crippen LogP contribution >= 0.6 is 15.9 Å². The third-order valence-electron chi connectivity index (χ3n) is 5.10. The van der Waals surface area contributed by atoms with Gasteiger partial charge in [-0.25, -0.2) is 4.79 Å². The lowest BCUT2D eigenvalue weighted by molar-refractivity contribution is 0.00521. The van der Waals surface area contributed by atoms with Crippen molar-refractivity contribution in [2.24, 2.45) is 0 Å². The first-order chi connectivity index (χ1) is 15.2. The number of benzene rings is 1. The summed E-state index contributed by atoms with van der Waals surface area (Å²) in [5.41, 5.74) is 0.996. The second-order valence-electron chi connectivity index (χ2n) is 10.3. The molecule has 0 spiro atoms. The normalized spacial score (nSPS) is 14.6. The molecule has 1 aromatic carbocycles. The number of aromatic hydroxyl groups is 1. The molecule has 1 aliphatic heterocycles. The first kappa shape index (κ1) is 25.0. The number of ether oxygens (including phenoxy) is 1. The molecule has 1 aromatic heterocycles. The number of rotatable bonds is 5. The fourth-order valence-corrected chi connectivity index (χ4v) is 4.28. The van der Waals surface area contributed by atoms with E-state index in [2.05, 4.69) is 47.3 Å². The van der Waals surface area contributed by atoms with Gasteiger partial charge in [-0.1, -0.05) is 36.7 Å². The standard InChI is InChI=1S/C24H32BrN3O5/c1-23(2,3)16-9-18(19(29)10-17(16)25)26-11-15-7-8-20(32-15)21(30)27-14-12-28(13-14)22(31)33-24(4,5)6/h7-10,14,26,29H,11-13H2,1-6H3,(H,27,30). The molecule has 0 aliphatic carbocycles. The Morgan fingerprint density at radius 3 is 2.45 bits per heavy atom. The van der Waals surface area contributed by atoms with Crippen molar-refractivity contribution in [3.05, 3.63) is 45.8 Å². The van der Waals surface area contributed by atoms with Gasteiger partial charge in [-0.15, -0.1) is 0 Å². The maximum atomic E-state index is 12.5. The third kappa shape index (κ3) is 6.43. The maximum Gasteiger partial charge on any atom is 0.410 e. The van der Waals surface area contributed by atoms with Gasteiger partial charge in [0, 0.05) is 17.6 Å². The average Bonchev–Trinajstić information content (AvgIpc) is 3.10. The fraction of sp³-hybridized carbons (Fsp3) is 0.500. The van der Waals surface area contributed by atoms with Crippen molar-refractivity contribution in [3.8, 4) is 5.75 Å². The summed E-state index contributed by atoms with van der Waals surface area (Å²) in [7, 11) is 0. The molecule has 2 amide bonds. The van der Waals surface area contributed by atoms with Crippen LogP contribution in [0.1, 0.15) is 63.4 Å². The zero-order chi connectivity index (χ0) is 24.6. The van der Waals surface area contributed by atoms with Crippen molar-refractivity contribution >= 4 is 33.6 Å². The molecule has 3 N–H and O–H groups in total. The van der Waals surface area contributed by atoms with Gasteiger partial charge in [-0.05, 0) is 56.0 Å². The van der Waals surface area contributed by atoms with Gasteiger partial charge < -0.3 is 29.8 Å². The zero-order valence-electron chi connectivity index (χ0n) is 19.9. The molecule has 0 bridgehead atoms. The molecule has 0 atom stereocenters. The van der Waals surface area contributed by atoms with Crippen LogP contribution in [0, 0.1) is 0 Å². The van der Waals surface area contributed by atoms with Gasteiger partial charge in [0.2, 0.25) is 0 Å². The van der Waals surface area contributed by atoms with Gasteiger partial charge >= 0.3 is 6.09 Å². The Morgan fingerprint density at radius 2 is 1.85 bits per heavy atom. The lowest BCUT2D eigenvalue weighted by atomic mass is 9.86. The van der Waals surface area contributed by atoms with Gasteiger partial charge in [0.15, 0.2) is 5.76 Å². The van der Waals surface area contributed by atoms with Crippen molar-refractivity contribution in [1.29, 1.82) is 0 Å². The summed E-state index contributed by atoms with van der Waals surface area (Å²) in [5.74, 6) is 0.539. The molecule has 33 heavy (non-hydrogen) atoms. The number of halogens is 1. The monoisotopic (exact) mass is 521 g/mol. The van der Waals surface area contributed by atoms with Crippen LogP contribution in [-0.4, -0.2) is 46.7 Å². The lowest BCUT2D eigenvalue weighted by Gasteiger charge is -2.39. The summed E-state index contributed by atoms with van der Waals surface area (Å²) in [5, 5.41) is 16.3. The highest BCUT2D eigenvalue weighted by Crippen LogP contribution is 2.37. The summed E-state index contributed by atoms with van der Waals surface area (Å²) in [4.78, 5) is 26.0. The van der Waals surface area contributed by atoms with Gasteiger partial charge in [-0.2, -0.15) is 0 Å². The molecule has 0 unspecified atom stereocenters. The third-order valence-corrected chi connectivity index (χ3v) is 5.76. The van der Waals surface area contributed by atoms with Gasteiger partial charge in [0.05, 0.1) is 18.3 Å². The Balaban J connectivity index is 1.53. The van der Waals surface area contributed by atoms with Gasteiger partial charge in [0.1, 0.15) is 17.1 Å². The van der Waals surface area contributed by atoms with Crippen LogP contribution in [0.4, 0.5) is 10.5 Å². The number of carbonyl (C=O) groups excluding carboxylic acids is 2. The molecule has 1 fully saturated rings. The molecule has 1 saturated heterocycles. The van der Waals surface area contributed by atoms with E-state index in [1.807, 2.05) is 26.8 Å². The molecule has 1 aliphatic rings. The number of hydrogen-bond acceptors (Lipinski definition) is 6. The van der Waals surface area contributed by atoms with E-state index in [0.717, 1.165) is 10.0 Å². The SMILES string of the molecule is CC(C)(C)OC(=O)N1CC(NC(=O)c2ccc(CNc3cc(C(C)(C)C)c(Br)cc3O)o2)C1. The average molecular weight is 522 g/mol. The predicted octanol–water partition coefficient (Wildman–Crippen LogP) is 5.01. The van der Waals surface area contributed by atoms with Gasteiger partial charge in [0.25, 0.3) is 5.91 Å². The molecule has 0 radical (unpaired) electrons. The minimum atomic E-state index is -0.550. The van der Waals surface area contributed by atoms with E-state index in [1.165, 1.54) is 0 Å². The number of carbonyl (C=O) groups is 2. The number of amides is 2. The van der Waals surface area contributed by atoms with Gasteiger partial charge in [-0.3, -0.25) is 4.79 Å². The number of nitrogens with one attached hydrogen (secondary N) is 2. The molecule has 2 heterocycles. The van der Waals surface area contributed by atoms with Crippen LogP contribution in [0.5, 0.6) is 5.75 Å². The van der Waals surface area contributed by atoms with Crippen LogP contribution in [0.3, 0.4) is 0 Å². The predicted molar refractivity (Wildman–Crippen MR) is 130 cm³/mol. The maximum absolute atomic E-state index is 12.5. The highest BCUT2D eigenvalue weighted by Gasteiger charge is 2.35. The first-order valence-electron chi connectivity index (χ1n) is 10.9. The summed E-state index contributed by atoms with van der Waals surface area (Å²) in [6.45, 7) is 12.8. The van der Waals surface area contributed by atoms with Crippen molar-refractivity contribution < 1.29 is 23.8 Å². The molecule has 2 aromatic rings. The number of hydrogen-bond donors (Lipinski definition) is 3. The van der Waals surface area contributed by atoms with Crippen LogP contribution in [0.15, 0.2) is 33.2 Å². The first-order valence-corrected chi connectivity index (χ1v) is 11.7. The largest absolute Gasteiger partial charge is 0.506 e. The van der Waals surface area contributed by atoms with Crippen LogP contribution in [0.2, 0.25) is 0 Å². The minimum Gasteiger partial charge on any atom is -0.506 e. The Morgan fingerprint density at radius 1 is 1.18 bits per heavy atom. The topological polar surface area (TPSA) is 104 Å². The van der Waals surface area contributed by atoms with E-state index in [-0.39, 0.29) is 35.0 Å². The Hall–Kier alpha value is -2.68. The molecule has 180 valence electrons. The van der Waals surface area contributed by atoms with E-state index in [0.29, 0.717) is 31.1 Å². The molecular weight excluding hydrogens is 490 g/mol. The summed E-state index contributed by atoms with van der Waals surface area (Å²) >= 11 is 3.51. The van der Waals surface area contributed by atoms with Crippen molar-refractivity contribution in [2.75, 3.05) is 18.4 Å². The molecule has 8 nitrogen and oxygen atoms in total. The summed E-state index contributed by atoms with van der Waals surface area (Å²) < 4.78 is 11.8. The van der Waals surface area contributed by atoms with E-state index < -0.39 is 5.60 Å². The Labute approximate surface area is 202 Å². The zero-order valence-corrected chi connectivity index (χ0v) is 21.5. The Bertz CT molecular complexity index is 1030. The Kier molecular flexibility index (Phi) is 7.02. The summed E-state index contributed by atoms with van der Waals surface area (Å²) in [6, 6.07) is 6.76. The van der Waals surface area contributed by atoms with Crippen LogP contribution < -0.4 is 10.6 Å². The highest BCUT2D eigenvalue weighted by atomic mass is 79.9. The quantitative estimate of drug-likeness (QED) is 0.478. The molecule has 0 saturated carbocycles. The number of furan rings is 1. The van der Waals surface area contributed by atoms with E-state index in [9.17, 15) is 14.7 Å². The molecular formula is C24H32BrN3O5. The minimum absolute atomic E-state index is 0.0977. The van der Waals surface area contributed by atoms with E-state index in [1.54, 1.807) is 23.1 Å².